The van der Waals surface area contributed by atoms with E-state index in [1.54, 1.807) is 6.07 Å². The van der Waals surface area contributed by atoms with Crippen LogP contribution in [0, 0.1) is 0 Å². The summed E-state index contributed by atoms with van der Waals surface area (Å²) in [5.74, 6) is 0.818. The average Bonchev–Trinajstić information content (AvgIpc) is 2.64. The zero-order valence-corrected chi connectivity index (χ0v) is 9.13. The Balaban J connectivity index is 2.46. The molecule has 0 spiro atoms. The topological polar surface area (TPSA) is 52.3 Å². The molecule has 0 atom stereocenters. The zero-order valence-electron chi connectivity index (χ0n) is 7.55. The number of nitrogens with two attached hydrogens (primary N) is 1. The number of halogens is 1. The maximum absolute atomic E-state index is 11.4. The Bertz CT molecular complexity index is 390. The van der Waals surface area contributed by atoms with Crippen LogP contribution in [-0.2, 0) is 6.42 Å². The Hall–Kier alpha value is -0.870. The van der Waals surface area contributed by atoms with E-state index in [1.165, 1.54) is 0 Å². The van der Waals surface area contributed by atoms with Gasteiger partial charge in [0.25, 0.3) is 0 Å². The van der Waals surface area contributed by atoms with E-state index in [2.05, 4.69) is 15.9 Å². The van der Waals surface area contributed by atoms with Crippen molar-refractivity contribution in [1.82, 2.24) is 0 Å². The van der Waals surface area contributed by atoms with Crippen molar-refractivity contribution in [2.45, 2.75) is 6.42 Å². The van der Waals surface area contributed by atoms with Crippen LogP contribution < -0.4 is 10.5 Å². The van der Waals surface area contributed by atoms with Gasteiger partial charge in [-0.25, -0.2) is 0 Å². The largest absolute Gasteiger partial charge is 0.492 e. The molecule has 0 saturated carbocycles. The van der Waals surface area contributed by atoms with E-state index >= 15 is 0 Å². The number of Topliss-reactive ketones (excluding diaryl/α,β-unsaturated/α-hetero) is 1. The lowest BCUT2D eigenvalue weighted by Crippen LogP contribution is -2.13. The van der Waals surface area contributed by atoms with Crippen molar-refractivity contribution in [3.8, 4) is 5.75 Å². The van der Waals surface area contributed by atoms with Crippen LogP contribution in [-0.4, -0.2) is 18.9 Å². The molecule has 0 aromatic heterocycles. The summed E-state index contributed by atoms with van der Waals surface area (Å²) in [5, 5.41) is 0. The Morgan fingerprint density at radius 1 is 1.57 bits per heavy atom. The number of fused-ring (bicyclic) bond motifs is 1. The first-order valence-electron chi connectivity index (χ1n) is 4.41. The average molecular weight is 256 g/mol. The molecule has 0 radical (unpaired) electrons. The minimum absolute atomic E-state index is 0.0413. The summed E-state index contributed by atoms with van der Waals surface area (Å²) in [6.45, 7) is 0.736. The molecule has 1 aliphatic heterocycles. The van der Waals surface area contributed by atoms with Crippen LogP contribution >= 0.6 is 15.9 Å². The molecule has 1 aromatic rings. The summed E-state index contributed by atoms with van der Waals surface area (Å²) in [4.78, 5) is 11.4. The lowest BCUT2D eigenvalue weighted by Gasteiger charge is -2.04. The van der Waals surface area contributed by atoms with E-state index in [4.69, 9.17) is 10.5 Å². The normalized spacial score (nSPS) is 13.6. The Labute approximate surface area is 90.4 Å². The highest BCUT2D eigenvalue weighted by Gasteiger charge is 2.18. The van der Waals surface area contributed by atoms with Gasteiger partial charge in [0.15, 0.2) is 5.78 Å². The van der Waals surface area contributed by atoms with Crippen LogP contribution in [0.4, 0.5) is 0 Å². The Morgan fingerprint density at radius 3 is 3.07 bits per heavy atom. The maximum Gasteiger partial charge on any atom is 0.176 e. The molecule has 1 heterocycles. The van der Waals surface area contributed by atoms with Crippen molar-refractivity contribution in [1.29, 1.82) is 0 Å². The Morgan fingerprint density at radius 2 is 2.36 bits per heavy atom. The number of rotatable bonds is 2. The molecule has 14 heavy (non-hydrogen) atoms. The fourth-order valence-corrected chi connectivity index (χ4v) is 2.16. The van der Waals surface area contributed by atoms with Crippen LogP contribution in [0.1, 0.15) is 15.9 Å². The van der Waals surface area contributed by atoms with E-state index in [9.17, 15) is 4.79 Å². The number of carbonyl (C=O) groups is 1. The summed E-state index contributed by atoms with van der Waals surface area (Å²) in [6, 6.07) is 3.63. The second-order valence-electron chi connectivity index (χ2n) is 3.17. The molecular formula is C10H10BrNO2. The van der Waals surface area contributed by atoms with Gasteiger partial charge in [0.2, 0.25) is 0 Å². The SMILES string of the molecule is NCC(=O)c1cc(Br)c2c(c1)CCO2. The van der Waals surface area contributed by atoms with Crippen LogP contribution in [0.25, 0.3) is 0 Å². The summed E-state index contributed by atoms with van der Waals surface area (Å²) >= 11 is 3.38. The summed E-state index contributed by atoms with van der Waals surface area (Å²) in [7, 11) is 0. The third kappa shape index (κ3) is 1.55. The van der Waals surface area contributed by atoms with E-state index < -0.39 is 0 Å². The molecular weight excluding hydrogens is 246 g/mol. The summed E-state index contributed by atoms with van der Waals surface area (Å²) in [5.41, 5.74) is 7.04. The number of benzene rings is 1. The minimum Gasteiger partial charge on any atom is -0.492 e. The van der Waals surface area contributed by atoms with Crippen molar-refractivity contribution >= 4 is 21.7 Å². The molecule has 0 unspecified atom stereocenters. The molecule has 4 heteroatoms. The standard InChI is InChI=1S/C10H10BrNO2/c11-8-4-7(9(13)5-12)3-6-1-2-14-10(6)8/h3-4H,1-2,5,12H2. The number of hydrogen-bond donors (Lipinski definition) is 1. The van der Waals surface area contributed by atoms with Crippen LogP contribution in [0.3, 0.4) is 0 Å². The highest BCUT2D eigenvalue weighted by Crippen LogP contribution is 2.34. The van der Waals surface area contributed by atoms with E-state index in [1.807, 2.05) is 6.07 Å². The van der Waals surface area contributed by atoms with Crippen LogP contribution in [0.5, 0.6) is 5.75 Å². The minimum atomic E-state index is -0.0413. The van der Waals surface area contributed by atoms with Gasteiger partial charge in [-0.1, -0.05) is 0 Å². The van der Waals surface area contributed by atoms with Gasteiger partial charge < -0.3 is 10.5 Å². The van der Waals surface area contributed by atoms with Gasteiger partial charge in [0.05, 0.1) is 17.6 Å². The fourth-order valence-electron chi connectivity index (χ4n) is 1.54. The Kier molecular flexibility index (Phi) is 2.56. The van der Waals surface area contributed by atoms with Gasteiger partial charge in [-0.15, -0.1) is 0 Å². The monoisotopic (exact) mass is 255 g/mol. The quantitative estimate of drug-likeness (QED) is 0.816. The van der Waals surface area contributed by atoms with Crippen molar-refractivity contribution in [2.75, 3.05) is 13.2 Å². The third-order valence-electron chi connectivity index (χ3n) is 2.25. The maximum atomic E-state index is 11.4. The molecule has 3 nitrogen and oxygen atoms in total. The van der Waals surface area contributed by atoms with Gasteiger partial charge in [0.1, 0.15) is 5.75 Å². The number of carbonyl (C=O) groups excluding carboxylic acids is 1. The van der Waals surface area contributed by atoms with Crippen molar-refractivity contribution in [2.24, 2.45) is 5.73 Å². The summed E-state index contributed by atoms with van der Waals surface area (Å²) < 4.78 is 6.25. The first-order chi connectivity index (χ1) is 6.72. The molecule has 0 amide bonds. The lowest BCUT2D eigenvalue weighted by atomic mass is 10.1. The lowest BCUT2D eigenvalue weighted by molar-refractivity contribution is 0.100. The predicted octanol–water partition coefficient (Wildman–Crippen LogP) is 1.53. The van der Waals surface area contributed by atoms with E-state index in [0.717, 1.165) is 22.2 Å². The number of ether oxygens (including phenoxy) is 1. The van der Waals surface area contributed by atoms with Gasteiger partial charge in [-0.05, 0) is 33.6 Å². The second-order valence-corrected chi connectivity index (χ2v) is 4.03. The fraction of sp³-hybridized carbons (Fsp3) is 0.300. The third-order valence-corrected chi connectivity index (χ3v) is 2.83. The smallest absolute Gasteiger partial charge is 0.176 e. The molecule has 0 fully saturated rings. The highest BCUT2D eigenvalue weighted by atomic mass is 79.9. The second kappa shape index (κ2) is 3.71. The van der Waals surface area contributed by atoms with Crippen molar-refractivity contribution < 1.29 is 9.53 Å². The molecule has 2 N–H and O–H groups in total. The first kappa shape index (κ1) is 9.68. The van der Waals surface area contributed by atoms with Crippen LogP contribution in [0.2, 0.25) is 0 Å². The van der Waals surface area contributed by atoms with Gasteiger partial charge in [-0.2, -0.15) is 0 Å². The number of hydrogen-bond acceptors (Lipinski definition) is 3. The molecule has 1 aromatic carbocycles. The molecule has 74 valence electrons. The van der Waals surface area contributed by atoms with Gasteiger partial charge in [0, 0.05) is 12.0 Å². The molecule has 0 saturated heterocycles. The number of ketones is 1. The molecule has 1 aliphatic rings. The van der Waals surface area contributed by atoms with E-state index in [0.29, 0.717) is 12.2 Å². The van der Waals surface area contributed by atoms with Crippen molar-refractivity contribution in [3.63, 3.8) is 0 Å². The molecule has 0 bridgehead atoms. The molecule has 2 rings (SSSR count). The van der Waals surface area contributed by atoms with Gasteiger partial charge in [-0.3, -0.25) is 4.79 Å². The molecule has 0 aliphatic carbocycles. The van der Waals surface area contributed by atoms with Crippen molar-refractivity contribution in [3.05, 3.63) is 27.7 Å². The van der Waals surface area contributed by atoms with Gasteiger partial charge >= 0.3 is 0 Å². The first-order valence-corrected chi connectivity index (χ1v) is 5.20. The van der Waals surface area contributed by atoms with E-state index in [-0.39, 0.29) is 12.3 Å². The highest BCUT2D eigenvalue weighted by molar-refractivity contribution is 9.10. The summed E-state index contributed by atoms with van der Waals surface area (Å²) in [6.07, 6.45) is 0.861. The predicted molar refractivity (Wildman–Crippen MR) is 56.7 cm³/mol. The van der Waals surface area contributed by atoms with Crippen LogP contribution in [0.15, 0.2) is 16.6 Å². The zero-order chi connectivity index (χ0) is 10.1.